The Morgan fingerprint density at radius 3 is 2.71 bits per heavy atom. The number of likely N-dealkylation sites (N-methyl/N-ethyl adjacent to an activating group) is 1. The maximum absolute atomic E-state index is 4.21. The summed E-state index contributed by atoms with van der Waals surface area (Å²) >= 11 is 0. The predicted molar refractivity (Wildman–Crippen MR) is 69.9 cm³/mol. The van der Waals surface area contributed by atoms with E-state index >= 15 is 0 Å². The van der Waals surface area contributed by atoms with Crippen LogP contribution in [0.2, 0.25) is 0 Å². The van der Waals surface area contributed by atoms with Crippen LogP contribution < -0.4 is 5.32 Å². The van der Waals surface area contributed by atoms with Crippen LogP contribution in [0.1, 0.15) is 22.7 Å². The molecule has 17 heavy (non-hydrogen) atoms. The Balaban J connectivity index is 2.20. The molecule has 0 saturated heterocycles. The number of benzene rings is 1. The fourth-order valence-electron chi connectivity index (χ4n) is 2.16. The van der Waals surface area contributed by atoms with E-state index in [-0.39, 0.29) is 0 Å². The normalized spacial score (nSPS) is 12.6. The molecule has 90 valence electrons. The first kappa shape index (κ1) is 11.9. The largest absolute Gasteiger partial charge is 0.313 e. The molecule has 3 heteroatoms. The molecule has 0 aliphatic heterocycles. The Morgan fingerprint density at radius 2 is 2.12 bits per heavy atom. The molecule has 0 aliphatic carbocycles. The molecule has 2 rings (SSSR count). The van der Waals surface area contributed by atoms with Crippen molar-refractivity contribution in [3.05, 3.63) is 53.3 Å². The van der Waals surface area contributed by atoms with Gasteiger partial charge in [0.05, 0.1) is 6.20 Å². The van der Waals surface area contributed by atoms with Crippen LogP contribution in [0.15, 0.2) is 36.7 Å². The van der Waals surface area contributed by atoms with Gasteiger partial charge < -0.3 is 5.32 Å². The molecule has 0 spiro atoms. The quantitative estimate of drug-likeness (QED) is 0.871. The highest BCUT2D eigenvalue weighted by atomic mass is 15.2. The summed E-state index contributed by atoms with van der Waals surface area (Å²) in [5.41, 5.74) is 3.95. The van der Waals surface area contributed by atoms with E-state index in [0.29, 0.717) is 6.04 Å². The Labute approximate surface area is 102 Å². The molecule has 1 aromatic heterocycles. The Morgan fingerprint density at radius 1 is 1.35 bits per heavy atom. The highest BCUT2D eigenvalue weighted by molar-refractivity contribution is 5.30. The van der Waals surface area contributed by atoms with Gasteiger partial charge in [-0.1, -0.05) is 24.3 Å². The molecule has 0 radical (unpaired) electrons. The van der Waals surface area contributed by atoms with Crippen LogP contribution in [0.25, 0.3) is 0 Å². The summed E-state index contributed by atoms with van der Waals surface area (Å²) in [4.78, 5) is 0. The maximum Gasteiger partial charge on any atom is 0.0522 e. The Bertz CT molecular complexity index is 488. The fraction of sp³-hybridized carbons (Fsp3) is 0.357. The highest BCUT2D eigenvalue weighted by Gasteiger charge is 2.12. The molecular formula is C14H19N3. The van der Waals surface area contributed by atoms with E-state index < -0.39 is 0 Å². The van der Waals surface area contributed by atoms with Crippen molar-refractivity contribution in [2.75, 3.05) is 7.05 Å². The lowest BCUT2D eigenvalue weighted by Crippen LogP contribution is -2.19. The number of nitrogens with zero attached hydrogens (tertiary/aromatic N) is 2. The lowest BCUT2D eigenvalue weighted by atomic mass is 9.97. The summed E-state index contributed by atoms with van der Waals surface area (Å²) in [7, 11) is 3.96. The minimum Gasteiger partial charge on any atom is -0.313 e. The summed E-state index contributed by atoms with van der Waals surface area (Å²) in [6.45, 7) is 2.16. The van der Waals surface area contributed by atoms with Gasteiger partial charge in [-0.3, -0.25) is 4.68 Å². The van der Waals surface area contributed by atoms with Gasteiger partial charge in [0.2, 0.25) is 0 Å². The molecule has 2 aromatic rings. The van der Waals surface area contributed by atoms with Crippen LogP contribution in [-0.2, 0) is 13.5 Å². The van der Waals surface area contributed by atoms with Crippen LogP contribution in [0, 0.1) is 6.92 Å². The number of aromatic nitrogens is 2. The average Bonchev–Trinajstić information content (AvgIpc) is 2.73. The van der Waals surface area contributed by atoms with E-state index in [1.165, 1.54) is 16.7 Å². The van der Waals surface area contributed by atoms with Gasteiger partial charge in [0, 0.05) is 19.3 Å². The van der Waals surface area contributed by atoms with Gasteiger partial charge in [0.15, 0.2) is 0 Å². The zero-order valence-corrected chi connectivity index (χ0v) is 10.6. The second-order valence-electron chi connectivity index (χ2n) is 4.42. The second kappa shape index (κ2) is 5.15. The molecule has 1 atom stereocenters. The van der Waals surface area contributed by atoms with Crippen molar-refractivity contribution < 1.29 is 0 Å². The maximum atomic E-state index is 4.21. The van der Waals surface area contributed by atoms with Gasteiger partial charge in [0.25, 0.3) is 0 Å². The van der Waals surface area contributed by atoms with Crippen LogP contribution in [0.3, 0.4) is 0 Å². The molecule has 1 unspecified atom stereocenters. The Kier molecular flexibility index (Phi) is 3.59. The summed E-state index contributed by atoms with van der Waals surface area (Å²) in [5, 5.41) is 7.59. The van der Waals surface area contributed by atoms with E-state index in [2.05, 4.69) is 47.8 Å². The van der Waals surface area contributed by atoms with Crippen LogP contribution in [0.4, 0.5) is 0 Å². The first-order valence-corrected chi connectivity index (χ1v) is 5.91. The molecule has 0 saturated carbocycles. The van der Waals surface area contributed by atoms with Crippen LogP contribution in [-0.4, -0.2) is 16.8 Å². The van der Waals surface area contributed by atoms with Gasteiger partial charge in [-0.2, -0.15) is 5.10 Å². The van der Waals surface area contributed by atoms with Crippen LogP contribution >= 0.6 is 0 Å². The van der Waals surface area contributed by atoms with E-state index in [4.69, 9.17) is 0 Å². The van der Waals surface area contributed by atoms with Gasteiger partial charge in [-0.05, 0) is 37.1 Å². The summed E-state index contributed by atoms with van der Waals surface area (Å²) in [6.07, 6.45) is 4.97. The zero-order chi connectivity index (χ0) is 12.3. The lowest BCUT2D eigenvalue weighted by Gasteiger charge is -2.18. The van der Waals surface area contributed by atoms with Crippen molar-refractivity contribution in [3.8, 4) is 0 Å². The third kappa shape index (κ3) is 2.74. The van der Waals surface area contributed by atoms with Crippen molar-refractivity contribution >= 4 is 0 Å². The molecule has 1 N–H and O–H groups in total. The van der Waals surface area contributed by atoms with Gasteiger partial charge in [-0.25, -0.2) is 0 Å². The number of aryl methyl sites for hydroxylation is 2. The first-order chi connectivity index (χ1) is 8.20. The standard InChI is InChI=1S/C14H19N3/c1-11-6-4-5-7-13(11)14(15-2)8-12-9-16-17(3)10-12/h4-7,9-10,14-15H,8H2,1-3H3. The van der Waals surface area contributed by atoms with Crippen molar-refractivity contribution in [2.24, 2.45) is 7.05 Å². The van der Waals surface area contributed by atoms with Gasteiger partial charge >= 0.3 is 0 Å². The van der Waals surface area contributed by atoms with Crippen molar-refractivity contribution in [1.29, 1.82) is 0 Å². The molecule has 0 aliphatic rings. The van der Waals surface area contributed by atoms with E-state index in [1.54, 1.807) is 0 Å². The molecule has 1 aromatic carbocycles. The number of hydrogen-bond acceptors (Lipinski definition) is 2. The number of rotatable bonds is 4. The minimum absolute atomic E-state index is 0.348. The number of nitrogens with one attached hydrogen (secondary N) is 1. The third-order valence-electron chi connectivity index (χ3n) is 3.11. The second-order valence-corrected chi connectivity index (χ2v) is 4.42. The monoisotopic (exact) mass is 229 g/mol. The smallest absolute Gasteiger partial charge is 0.0522 e. The summed E-state index contributed by atoms with van der Waals surface area (Å²) in [5.74, 6) is 0. The molecule has 1 heterocycles. The van der Waals surface area contributed by atoms with Crippen molar-refractivity contribution in [2.45, 2.75) is 19.4 Å². The number of hydrogen-bond donors (Lipinski definition) is 1. The first-order valence-electron chi connectivity index (χ1n) is 5.91. The van der Waals surface area contributed by atoms with E-state index in [1.807, 2.05) is 25.0 Å². The Hall–Kier alpha value is -1.61. The van der Waals surface area contributed by atoms with Gasteiger partial charge in [0.1, 0.15) is 0 Å². The van der Waals surface area contributed by atoms with Crippen molar-refractivity contribution in [1.82, 2.24) is 15.1 Å². The van der Waals surface area contributed by atoms with Gasteiger partial charge in [-0.15, -0.1) is 0 Å². The zero-order valence-electron chi connectivity index (χ0n) is 10.6. The molecule has 3 nitrogen and oxygen atoms in total. The molecule has 0 fully saturated rings. The van der Waals surface area contributed by atoms with E-state index in [9.17, 15) is 0 Å². The highest BCUT2D eigenvalue weighted by Crippen LogP contribution is 2.20. The third-order valence-corrected chi connectivity index (χ3v) is 3.11. The summed E-state index contributed by atoms with van der Waals surface area (Å²) < 4.78 is 1.85. The molecular weight excluding hydrogens is 210 g/mol. The fourth-order valence-corrected chi connectivity index (χ4v) is 2.16. The SMILES string of the molecule is CNC(Cc1cnn(C)c1)c1ccccc1C. The van der Waals surface area contributed by atoms with Crippen molar-refractivity contribution in [3.63, 3.8) is 0 Å². The average molecular weight is 229 g/mol. The lowest BCUT2D eigenvalue weighted by molar-refractivity contribution is 0.588. The summed E-state index contributed by atoms with van der Waals surface area (Å²) in [6, 6.07) is 8.86. The molecule has 0 bridgehead atoms. The topological polar surface area (TPSA) is 29.9 Å². The van der Waals surface area contributed by atoms with E-state index in [0.717, 1.165) is 6.42 Å². The molecule has 0 amide bonds. The predicted octanol–water partition coefficient (Wildman–Crippen LogP) is 2.23. The van der Waals surface area contributed by atoms with Crippen LogP contribution in [0.5, 0.6) is 0 Å². The minimum atomic E-state index is 0.348.